The van der Waals surface area contributed by atoms with Gasteiger partial charge in [-0.2, -0.15) is 0 Å². The van der Waals surface area contributed by atoms with Crippen LogP contribution in [0.25, 0.3) is 0 Å². The van der Waals surface area contributed by atoms with Gasteiger partial charge < -0.3 is 5.32 Å². The largest absolute Gasteiger partial charge is 0.325 e. The van der Waals surface area contributed by atoms with Crippen LogP contribution in [-0.2, 0) is 16.9 Å². The van der Waals surface area contributed by atoms with Crippen molar-refractivity contribution in [2.24, 2.45) is 0 Å². The summed E-state index contributed by atoms with van der Waals surface area (Å²) < 4.78 is 0.909. The number of nitrogens with one attached hydrogen (secondary N) is 1. The number of halogens is 2. The highest BCUT2D eigenvalue weighted by Crippen LogP contribution is 2.34. The van der Waals surface area contributed by atoms with Crippen molar-refractivity contribution in [2.45, 2.75) is 25.4 Å². The van der Waals surface area contributed by atoms with Crippen LogP contribution in [0.5, 0.6) is 0 Å². The molecule has 3 rings (SSSR count). The van der Waals surface area contributed by atoms with Crippen LogP contribution in [0, 0.1) is 0 Å². The number of urea groups is 1. The quantitative estimate of drug-likeness (QED) is 0.761. The maximum Gasteiger partial charge on any atom is 0.325 e. The van der Waals surface area contributed by atoms with E-state index >= 15 is 0 Å². The van der Waals surface area contributed by atoms with Crippen molar-refractivity contribution in [3.8, 4) is 0 Å². The molecule has 6 heteroatoms. The zero-order chi connectivity index (χ0) is 17.3. The summed E-state index contributed by atoms with van der Waals surface area (Å²) in [5.74, 6) is -0.239. The van der Waals surface area contributed by atoms with Crippen LogP contribution in [0.3, 0.4) is 0 Å². The van der Waals surface area contributed by atoms with Crippen LogP contribution in [0.2, 0.25) is 5.02 Å². The summed E-state index contributed by atoms with van der Waals surface area (Å²) in [4.78, 5) is 26.8. The molecular formula is C18H16BrClN2O2. The summed E-state index contributed by atoms with van der Waals surface area (Å²) >= 11 is 9.34. The summed E-state index contributed by atoms with van der Waals surface area (Å²) in [5, 5.41) is 3.46. The number of nitrogens with zero attached hydrogens (tertiary/aromatic N) is 1. The molecule has 1 heterocycles. The van der Waals surface area contributed by atoms with Crippen LogP contribution >= 0.6 is 27.5 Å². The van der Waals surface area contributed by atoms with Gasteiger partial charge in [0.2, 0.25) is 0 Å². The first kappa shape index (κ1) is 17.0. The summed E-state index contributed by atoms with van der Waals surface area (Å²) in [6.07, 6.45) is 0.466. The van der Waals surface area contributed by atoms with Crippen LogP contribution in [0.4, 0.5) is 4.79 Å². The number of amides is 3. The van der Waals surface area contributed by atoms with Crippen molar-refractivity contribution in [1.82, 2.24) is 10.2 Å². The third-order valence-corrected chi connectivity index (χ3v) is 5.02. The molecule has 1 aliphatic heterocycles. The second-order valence-corrected chi connectivity index (χ2v) is 7.07. The highest BCUT2D eigenvalue weighted by molar-refractivity contribution is 9.10. The highest BCUT2D eigenvalue weighted by Gasteiger charge is 2.51. The molecule has 1 fully saturated rings. The fraction of sp³-hybridized carbons (Fsp3) is 0.222. The van der Waals surface area contributed by atoms with E-state index in [1.54, 1.807) is 24.3 Å². The zero-order valence-electron chi connectivity index (χ0n) is 13.1. The highest BCUT2D eigenvalue weighted by atomic mass is 79.9. The Balaban J connectivity index is 1.93. The molecule has 0 saturated carbocycles. The molecule has 2 aromatic rings. The molecule has 1 saturated heterocycles. The molecule has 1 aliphatic rings. The maximum absolute atomic E-state index is 13.0. The Bertz CT molecular complexity index is 794. The monoisotopic (exact) mass is 406 g/mol. The smallest absolute Gasteiger partial charge is 0.319 e. The minimum Gasteiger partial charge on any atom is -0.319 e. The number of hydrogen-bond acceptors (Lipinski definition) is 2. The van der Waals surface area contributed by atoms with E-state index in [1.165, 1.54) is 4.90 Å². The van der Waals surface area contributed by atoms with Gasteiger partial charge >= 0.3 is 6.03 Å². The lowest BCUT2D eigenvalue weighted by molar-refractivity contribution is -0.132. The number of benzene rings is 2. The van der Waals surface area contributed by atoms with Gasteiger partial charge in [0.25, 0.3) is 5.91 Å². The predicted molar refractivity (Wildman–Crippen MR) is 96.6 cm³/mol. The van der Waals surface area contributed by atoms with E-state index in [-0.39, 0.29) is 18.5 Å². The van der Waals surface area contributed by atoms with E-state index in [0.717, 1.165) is 15.6 Å². The van der Waals surface area contributed by atoms with Gasteiger partial charge in [-0.15, -0.1) is 0 Å². The third-order valence-electron chi connectivity index (χ3n) is 4.27. The van der Waals surface area contributed by atoms with Crippen molar-refractivity contribution in [2.75, 3.05) is 0 Å². The number of hydrogen-bond donors (Lipinski definition) is 1. The second kappa shape index (κ2) is 6.57. The molecule has 24 heavy (non-hydrogen) atoms. The van der Waals surface area contributed by atoms with Crippen LogP contribution in [0.1, 0.15) is 24.5 Å². The van der Waals surface area contributed by atoms with Gasteiger partial charge in [0.1, 0.15) is 5.54 Å². The molecule has 0 aromatic heterocycles. The second-order valence-electron chi connectivity index (χ2n) is 5.72. The van der Waals surface area contributed by atoms with Gasteiger partial charge in [-0.1, -0.05) is 58.7 Å². The first-order chi connectivity index (χ1) is 11.5. The third kappa shape index (κ3) is 2.94. The Kier molecular flexibility index (Phi) is 4.65. The maximum atomic E-state index is 13.0. The molecule has 0 unspecified atom stereocenters. The fourth-order valence-corrected chi connectivity index (χ4v) is 3.53. The lowest BCUT2D eigenvalue weighted by atomic mass is 9.87. The van der Waals surface area contributed by atoms with Crippen molar-refractivity contribution < 1.29 is 9.59 Å². The van der Waals surface area contributed by atoms with Gasteiger partial charge in [-0.25, -0.2) is 4.79 Å². The Hall–Kier alpha value is -1.85. The predicted octanol–water partition coefficient (Wildman–Crippen LogP) is 4.46. The Morgan fingerprint density at radius 3 is 2.50 bits per heavy atom. The fourth-order valence-electron chi connectivity index (χ4n) is 2.96. The molecule has 0 spiro atoms. The average Bonchev–Trinajstić information content (AvgIpc) is 2.81. The summed E-state index contributed by atoms with van der Waals surface area (Å²) in [7, 11) is 0. The standard InChI is InChI=1S/C18H16BrClN2O2/c1-2-18(13-6-8-15(20)9-7-13)16(23)22(17(24)21-18)11-12-4-3-5-14(19)10-12/h3-10H,2,11H2,1H3,(H,21,24)/t18-/m1/s1. The van der Waals surface area contributed by atoms with Crippen LogP contribution in [-0.4, -0.2) is 16.8 Å². The molecule has 4 nitrogen and oxygen atoms in total. The van der Waals surface area contributed by atoms with Crippen molar-refractivity contribution in [3.05, 3.63) is 69.2 Å². The lowest BCUT2D eigenvalue weighted by Crippen LogP contribution is -2.43. The molecule has 1 atom stereocenters. The molecule has 0 aliphatic carbocycles. The van der Waals surface area contributed by atoms with Gasteiger partial charge in [0.05, 0.1) is 6.54 Å². The molecule has 0 bridgehead atoms. The van der Waals surface area contributed by atoms with E-state index in [1.807, 2.05) is 31.2 Å². The van der Waals surface area contributed by atoms with E-state index in [0.29, 0.717) is 11.4 Å². The van der Waals surface area contributed by atoms with Gasteiger partial charge in [-0.05, 0) is 41.8 Å². The van der Waals surface area contributed by atoms with Crippen molar-refractivity contribution in [3.63, 3.8) is 0 Å². The summed E-state index contributed by atoms with van der Waals surface area (Å²) in [5.41, 5.74) is 0.591. The van der Waals surface area contributed by atoms with Crippen molar-refractivity contribution >= 4 is 39.5 Å². The van der Waals surface area contributed by atoms with E-state index in [2.05, 4.69) is 21.2 Å². The van der Waals surface area contributed by atoms with Gasteiger partial charge in [0.15, 0.2) is 0 Å². The molecule has 3 amide bonds. The van der Waals surface area contributed by atoms with Crippen molar-refractivity contribution in [1.29, 1.82) is 0 Å². The van der Waals surface area contributed by atoms with Gasteiger partial charge in [0, 0.05) is 9.50 Å². The number of rotatable bonds is 4. The molecule has 124 valence electrons. The lowest BCUT2D eigenvalue weighted by Gasteiger charge is -2.26. The minimum atomic E-state index is -1.03. The number of carbonyl (C=O) groups excluding carboxylic acids is 2. The first-order valence-corrected chi connectivity index (χ1v) is 8.78. The average molecular weight is 408 g/mol. The molecule has 1 N–H and O–H groups in total. The summed E-state index contributed by atoms with van der Waals surface area (Å²) in [6, 6.07) is 14.2. The van der Waals surface area contributed by atoms with Gasteiger partial charge in [-0.3, -0.25) is 9.69 Å². The molecule has 0 radical (unpaired) electrons. The number of imide groups is 1. The van der Waals surface area contributed by atoms with Crippen LogP contribution in [0.15, 0.2) is 53.0 Å². The Morgan fingerprint density at radius 1 is 1.17 bits per heavy atom. The first-order valence-electron chi connectivity index (χ1n) is 7.61. The summed E-state index contributed by atoms with van der Waals surface area (Å²) in [6.45, 7) is 2.12. The minimum absolute atomic E-state index is 0.236. The Labute approximate surface area is 153 Å². The van der Waals surface area contributed by atoms with E-state index in [4.69, 9.17) is 11.6 Å². The molecule has 2 aromatic carbocycles. The number of carbonyl (C=O) groups is 2. The topological polar surface area (TPSA) is 49.4 Å². The zero-order valence-corrected chi connectivity index (χ0v) is 15.4. The van der Waals surface area contributed by atoms with E-state index in [9.17, 15) is 9.59 Å². The Morgan fingerprint density at radius 2 is 1.88 bits per heavy atom. The molecular weight excluding hydrogens is 392 g/mol. The SMILES string of the molecule is CC[C@]1(c2ccc(Cl)cc2)NC(=O)N(Cc2cccc(Br)c2)C1=O. The van der Waals surface area contributed by atoms with Crippen LogP contribution < -0.4 is 5.32 Å². The normalized spacial score (nSPS) is 20.4. The van der Waals surface area contributed by atoms with E-state index < -0.39 is 5.54 Å².